The number of carbonyl (C=O) groups is 1. The summed E-state index contributed by atoms with van der Waals surface area (Å²) in [7, 11) is 2.41. The molecule has 0 aromatic heterocycles. The Bertz CT molecular complexity index is 863. The van der Waals surface area contributed by atoms with Crippen molar-refractivity contribution in [1.29, 1.82) is 0 Å². The molecule has 0 saturated heterocycles. The first kappa shape index (κ1) is 20.3. The van der Waals surface area contributed by atoms with Gasteiger partial charge in [-0.15, -0.1) is 11.8 Å². The van der Waals surface area contributed by atoms with Crippen molar-refractivity contribution < 1.29 is 13.2 Å². The minimum Gasteiger partial charge on any atom is -0.378 e. The average molecular weight is 393 g/mol. The van der Waals surface area contributed by atoms with Crippen LogP contribution in [0.3, 0.4) is 0 Å². The Morgan fingerprint density at radius 1 is 1.00 bits per heavy atom. The summed E-state index contributed by atoms with van der Waals surface area (Å²) in [6.45, 7) is 0.515. The molecule has 1 amide bonds. The predicted molar refractivity (Wildman–Crippen MR) is 108 cm³/mol. The number of nitrogens with zero attached hydrogens (tertiary/aromatic N) is 2. The SMILES string of the molecule is CN(Cc1ccc(N(C)C)cc1)C(=O)CSc1ccccc1S(C)(=O)=O. The molecule has 0 bridgehead atoms. The van der Waals surface area contributed by atoms with Crippen molar-refractivity contribution in [3.05, 3.63) is 54.1 Å². The van der Waals surface area contributed by atoms with Crippen LogP contribution in [0, 0.1) is 0 Å². The Kier molecular flexibility index (Phi) is 6.72. The van der Waals surface area contributed by atoms with E-state index >= 15 is 0 Å². The first-order chi connectivity index (χ1) is 12.2. The van der Waals surface area contributed by atoms with E-state index in [4.69, 9.17) is 0 Å². The van der Waals surface area contributed by atoms with Crippen molar-refractivity contribution >= 4 is 33.2 Å². The Labute approximate surface area is 159 Å². The number of benzene rings is 2. The third-order valence-electron chi connectivity index (χ3n) is 3.90. The maximum Gasteiger partial charge on any atom is 0.232 e. The smallest absolute Gasteiger partial charge is 0.232 e. The number of hydrogen-bond acceptors (Lipinski definition) is 5. The molecule has 140 valence electrons. The summed E-state index contributed by atoms with van der Waals surface area (Å²) >= 11 is 1.25. The Hall–Kier alpha value is -1.99. The minimum atomic E-state index is -3.31. The standard InChI is InChI=1S/C19H24N2O3S2/c1-20(2)16-11-9-15(10-12-16)13-21(3)19(22)14-25-17-7-5-6-8-18(17)26(4,23)24/h5-12H,13-14H2,1-4H3. The van der Waals surface area contributed by atoms with Crippen LogP contribution in [-0.4, -0.2) is 52.4 Å². The van der Waals surface area contributed by atoms with E-state index in [0.717, 1.165) is 11.3 Å². The maximum absolute atomic E-state index is 12.4. The molecule has 2 aromatic rings. The lowest BCUT2D eigenvalue weighted by atomic mass is 10.2. The van der Waals surface area contributed by atoms with Gasteiger partial charge >= 0.3 is 0 Å². The van der Waals surface area contributed by atoms with Crippen molar-refractivity contribution in [2.24, 2.45) is 0 Å². The molecule has 5 nitrogen and oxygen atoms in total. The van der Waals surface area contributed by atoms with Crippen LogP contribution in [0.25, 0.3) is 0 Å². The third kappa shape index (κ3) is 5.51. The second-order valence-corrected chi connectivity index (χ2v) is 9.32. The summed E-state index contributed by atoms with van der Waals surface area (Å²) in [5.41, 5.74) is 2.16. The second kappa shape index (κ2) is 8.60. The van der Waals surface area contributed by atoms with Crippen molar-refractivity contribution in [2.45, 2.75) is 16.3 Å². The van der Waals surface area contributed by atoms with Gasteiger partial charge in [0.15, 0.2) is 9.84 Å². The minimum absolute atomic E-state index is 0.0463. The molecule has 0 aliphatic heterocycles. The molecule has 0 fully saturated rings. The molecule has 0 aliphatic carbocycles. The van der Waals surface area contributed by atoms with Crippen LogP contribution in [0.1, 0.15) is 5.56 Å². The summed E-state index contributed by atoms with van der Waals surface area (Å²) in [4.78, 5) is 16.9. The number of carbonyl (C=O) groups excluding carboxylic acids is 1. The normalized spacial score (nSPS) is 11.2. The topological polar surface area (TPSA) is 57.7 Å². The molecule has 0 aliphatic rings. The molecule has 0 heterocycles. The van der Waals surface area contributed by atoms with Gasteiger partial charge in [-0.1, -0.05) is 24.3 Å². The van der Waals surface area contributed by atoms with E-state index in [9.17, 15) is 13.2 Å². The van der Waals surface area contributed by atoms with E-state index in [1.807, 2.05) is 43.3 Å². The van der Waals surface area contributed by atoms with Gasteiger partial charge in [-0.3, -0.25) is 4.79 Å². The highest BCUT2D eigenvalue weighted by Gasteiger charge is 2.15. The largest absolute Gasteiger partial charge is 0.378 e. The van der Waals surface area contributed by atoms with Crippen molar-refractivity contribution in [3.8, 4) is 0 Å². The quantitative estimate of drug-likeness (QED) is 0.678. The monoisotopic (exact) mass is 392 g/mol. The van der Waals surface area contributed by atoms with E-state index in [1.165, 1.54) is 18.0 Å². The number of anilines is 1. The molecule has 0 saturated carbocycles. The lowest BCUT2D eigenvalue weighted by molar-refractivity contribution is -0.127. The van der Waals surface area contributed by atoms with Gasteiger partial charge in [0.05, 0.1) is 10.6 Å². The van der Waals surface area contributed by atoms with Gasteiger partial charge in [0.25, 0.3) is 0 Å². The highest BCUT2D eigenvalue weighted by molar-refractivity contribution is 8.00. The van der Waals surface area contributed by atoms with Gasteiger partial charge in [-0.05, 0) is 29.8 Å². The van der Waals surface area contributed by atoms with Crippen LogP contribution in [0.2, 0.25) is 0 Å². The molecule has 2 aromatic carbocycles. The number of rotatable bonds is 7. The molecule has 0 N–H and O–H groups in total. The molecule has 0 radical (unpaired) electrons. The predicted octanol–water partition coefficient (Wildman–Crippen LogP) is 2.91. The van der Waals surface area contributed by atoms with Crippen molar-refractivity contribution in [3.63, 3.8) is 0 Å². The number of hydrogen-bond donors (Lipinski definition) is 0. The number of amides is 1. The van der Waals surface area contributed by atoms with E-state index in [2.05, 4.69) is 0 Å². The fraction of sp³-hybridized carbons (Fsp3) is 0.316. The lowest BCUT2D eigenvalue weighted by Gasteiger charge is -2.18. The van der Waals surface area contributed by atoms with Crippen LogP contribution in [0.15, 0.2) is 58.3 Å². The van der Waals surface area contributed by atoms with E-state index in [-0.39, 0.29) is 16.6 Å². The fourth-order valence-corrected chi connectivity index (χ4v) is 4.66. The number of thioether (sulfide) groups is 1. The molecule has 0 atom stereocenters. The maximum atomic E-state index is 12.4. The zero-order chi connectivity index (χ0) is 19.3. The van der Waals surface area contributed by atoms with Crippen LogP contribution >= 0.6 is 11.8 Å². The van der Waals surface area contributed by atoms with Gasteiger partial charge in [0, 0.05) is 44.5 Å². The first-order valence-electron chi connectivity index (χ1n) is 8.10. The van der Waals surface area contributed by atoms with Gasteiger partial charge in [0.1, 0.15) is 0 Å². The summed E-state index contributed by atoms with van der Waals surface area (Å²) in [5, 5.41) is 0. The molecule has 7 heteroatoms. The molecule has 2 rings (SSSR count). The van der Waals surface area contributed by atoms with E-state index in [0.29, 0.717) is 11.4 Å². The second-order valence-electron chi connectivity index (χ2n) is 6.32. The average Bonchev–Trinajstić information content (AvgIpc) is 2.59. The zero-order valence-electron chi connectivity index (χ0n) is 15.5. The summed E-state index contributed by atoms with van der Waals surface area (Å²) in [6.07, 6.45) is 1.18. The van der Waals surface area contributed by atoms with Crippen LogP contribution in [-0.2, 0) is 21.2 Å². The molecular formula is C19H24N2O3S2. The Balaban J connectivity index is 1.98. The van der Waals surface area contributed by atoms with E-state index in [1.54, 1.807) is 36.2 Å². The highest BCUT2D eigenvalue weighted by Crippen LogP contribution is 2.26. The highest BCUT2D eigenvalue weighted by atomic mass is 32.2. The summed E-state index contributed by atoms with van der Waals surface area (Å²) in [5.74, 6) is 0.147. The zero-order valence-corrected chi connectivity index (χ0v) is 17.1. The Morgan fingerprint density at radius 3 is 2.19 bits per heavy atom. The summed E-state index contributed by atoms with van der Waals surface area (Å²) in [6, 6.07) is 14.8. The number of sulfone groups is 1. The lowest BCUT2D eigenvalue weighted by Crippen LogP contribution is -2.27. The van der Waals surface area contributed by atoms with Gasteiger partial charge in [-0.2, -0.15) is 0 Å². The Morgan fingerprint density at radius 2 is 1.62 bits per heavy atom. The van der Waals surface area contributed by atoms with E-state index < -0.39 is 9.84 Å². The van der Waals surface area contributed by atoms with Crippen molar-refractivity contribution in [2.75, 3.05) is 38.1 Å². The molecule has 0 unspecified atom stereocenters. The fourth-order valence-electron chi connectivity index (χ4n) is 2.39. The van der Waals surface area contributed by atoms with Gasteiger partial charge < -0.3 is 9.80 Å². The molecular weight excluding hydrogens is 368 g/mol. The van der Waals surface area contributed by atoms with Crippen LogP contribution < -0.4 is 4.90 Å². The van der Waals surface area contributed by atoms with Crippen LogP contribution in [0.5, 0.6) is 0 Å². The first-order valence-corrected chi connectivity index (χ1v) is 11.0. The molecule has 26 heavy (non-hydrogen) atoms. The van der Waals surface area contributed by atoms with Crippen LogP contribution in [0.4, 0.5) is 5.69 Å². The van der Waals surface area contributed by atoms with Gasteiger partial charge in [0.2, 0.25) is 5.91 Å². The van der Waals surface area contributed by atoms with Crippen molar-refractivity contribution in [1.82, 2.24) is 4.90 Å². The summed E-state index contributed by atoms with van der Waals surface area (Å²) < 4.78 is 23.7. The third-order valence-corrected chi connectivity index (χ3v) is 6.24. The molecule has 0 spiro atoms. The van der Waals surface area contributed by atoms with Gasteiger partial charge in [-0.25, -0.2) is 8.42 Å².